The van der Waals surface area contributed by atoms with Gasteiger partial charge in [-0.25, -0.2) is 0 Å². The number of anilines is 2. The highest BCUT2D eigenvalue weighted by atomic mass is 16.1. The number of benzene rings is 2. The van der Waals surface area contributed by atoms with E-state index in [2.05, 4.69) is 20.5 Å². The first kappa shape index (κ1) is 15.6. The molecule has 126 valence electrons. The van der Waals surface area contributed by atoms with E-state index in [4.69, 9.17) is 0 Å². The number of hydrogen-bond donors (Lipinski definition) is 2. The minimum atomic E-state index is -0.121. The van der Waals surface area contributed by atoms with Crippen LogP contribution in [0.4, 0.5) is 11.4 Å². The Labute approximate surface area is 146 Å². The van der Waals surface area contributed by atoms with Gasteiger partial charge in [0.1, 0.15) is 0 Å². The van der Waals surface area contributed by atoms with Crippen molar-refractivity contribution in [1.82, 2.24) is 10.3 Å². The number of nitrogens with zero attached hydrogens (tertiary/aromatic N) is 2. The molecule has 3 aromatic rings. The maximum Gasteiger partial charge on any atom is 0.255 e. The number of nitrogens with one attached hydrogen (secondary N) is 2. The first-order valence-corrected chi connectivity index (χ1v) is 8.51. The molecule has 1 amide bonds. The van der Waals surface area contributed by atoms with Gasteiger partial charge in [0.05, 0.1) is 17.4 Å². The largest absolute Gasteiger partial charge is 0.369 e. The van der Waals surface area contributed by atoms with Gasteiger partial charge in [-0.3, -0.25) is 9.78 Å². The lowest BCUT2D eigenvalue weighted by atomic mass is 10.1. The first-order valence-electron chi connectivity index (χ1n) is 8.51. The molecule has 4 rings (SSSR count). The van der Waals surface area contributed by atoms with E-state index in [9.17, 15) is 4.79 Å². The number of carbonyl (C=O) groups is 1. The van der Waals surface area contributed by atoms with Crippen molar-refractivity contribution < 1.29 is 4.79 Å². The lowest BCUT2D eigenvalue weighted by Gasteiger charge is -2.29. The summed E-state index contributed by atoms with van der Waals surface area (Å²) in [4.78, 5) is 19.2. The molecular formula is C20H20N4O. The highest BCUT2D eigenvalue weighted by Gasteiger charge is 2.12. The molecule has 25 heavy (non-hydrogen) atoms. The number of piperazine rings is 1. The number of para-hydroxylation sites is 1. The topological polar surface area (TPSA) is 57.3 Å². The summed E-state index contributed by atoms with van der Waals surface area (Å²) in [5.74, 6) is -0.121. The van der Waals surface area contributed by atoms with E-state index in [1.54, 1.807) is 6.20 Å². The molecule has 0 atom stereocenters. The fourth-order valence-electron chi connectivity index (χ4n) is 3.09. The highest BCUT2D eigenvalue weighted by molar-refractivity contribution is 6.05. The Bertz CT molecular complexity index is 886. The Morgan fingerprint density at radius 3 is 2.60 bits per heavy atom. The van der Waals surface area contributed by atoms with Crippen molar-refractivity contribution in [2.75, 3.05) is 36.4 Å². The summed E-state index contributed by atoms with van der Waals surface area (Å²) in [7, 11) is 0. The molecule has 2 N–H and O–H groups in total. The molecule has 0 radical (unpaired) electrons. The quantitative estimate of drug-likeness (QED) is 0.774. The highest BCUT2D eigenvalue weighted by Crippen LogP contribution is 2.19. The molecule has 0 bridgehead atoms. The second-order valence-corrected chi connectivity index (χ2v) is 6.15. The van der Waals surface area contributed by atoms with Gasteiger partial charge < -0.3 is 15.5 Å². The predicted octanol–water partition coefficient (Wildman–Crippen LogP) is 2.90. The third-order valence-electron chi connectivity index (χ3n) is 4.46. The van der Waals surface area contributed by atoms with Crippen molar-refractivity contribution in [3.8, 4) is 0 Å². The van der Waals surface area contributed by atoms with Crippen LogP contribution in [0, 0.1) is 0 Å². The Balaban J connectivity index is 1.48. The molecule has 1 aliphatic rings. The maximum atomic E-state index is 12.5. The van der Waals surface area contributed by atoms with E-state index >= 15 is 0 Å². The average molecular weight is 332 g/mol. The summed E-state index contributed by atoms with van der Waals surface area (Å²) in [6.07, 6.45) is 1.69. The van der Waals surface area contributed by atoms with Crippen LogP contribution in [-0.4, -0.2) is 37.1 Å². The molecule has 0 spiro atoms. The number of rotatable bonds is 3. The zero-order valence-corrected chi connectivity index (χ0v) is 13.9. The van der Waals surface area contributed by atoms with Crippen molar-refractivity contribution in [1.29, 1.82) is 0 Å². The number of amides is 1. The van der Waals surface area contributed by atoms with E-state index in [-0.39, 0.29) is 5.91 Å². The standard InChI is InChI=1S/C20H20N4O/c25-20(23-17-13-16-3-1-2-4-19(16)22-14-17)15-5-7-18(8-6-15)24-11-9-21-10-12-24/h1-8,13-14,21H,9-12H2,(H,23,25). The van der Waals surface area contributed by atoms with Crippen LogP contribution in [0.25, 0.3) is 10.9 Å². The molecule has 0 aliphatic carbocycles. The summed E-state index contributed by atoms with van der Waals surface area (Å²) in [6, 6.07) is 17.6. The zero-order valence-electron chi connectivity index (χ0n) is 13.9. The Hall–Kier alpha value is -2.92. The van der Waals surface area contributed by atoms with Gasteiger partial charge in [0.2, 0.25) is 0 Å². The normalized spacial score (nSPS) is 14.5. The fraction of sp³-hybridized carbons (Fsp3) is 0.200. The van der Waals surface area contributed by atoms with E-state index in [0.29, 0.717) is 11.3 Å². The lowest BCUT2D eigenvalue weighted by molar-refractivity contribution is 0.102. The van der Waals surface area contributed by atoms with Gasteiger partial charge in [0.25, 0.3) is 5.91 Å². The fourth-order valence-corrected chi connectivity index (χ4v) is 3.09. The predicted molar refractivity (Wildman–Crippen MR) is 101 cm³/mol. The lowest BCUT2D eigenvalue weighted by Crippen LogP contribution is -2.43. The van der Waals surface area contributed by atoms with E-state index in [1.165, 1.54) is 0 Å². The number of pyridine rings is 1. The molecule has 0 unspecified atom stereocenters. The maximum absolute atomic E-state index is 12.5. The van der Waals surface area contributed by atoms with E-state index < -0.39 is 0 Å². The summed E-state index contributed by atoms with van der Waals surface area (Å²) >= 11 is 0. The van der Waals surface area contributed by atoms with Crippen LogP contribution in [0.15, 0.2) is 60.8 Å². The second-order valence-electron chi connectivity index (χ2n) is 6.15. The van der Waals surface area contributed by atoms with Gasteiger partial charge >= 0.3 is 0 Å². The SMILES string of the molecule is O=C(Nc1cnc2ccccc2c1)c1ccc(N2CCNCC2)cc1. The van der Waals surface area contributed by atoms with Crippen molar-refractivity contribution in [3.05, 3.63) is 66.4 Å². The molecule has 0 saturated carbocycles. The molecule has 5 heteroatoms. The van der Waals surface area contributed by atoms with Gasteiger partial charge in [-0.15, -0.1) is 0 Å². The minimum Gasteiger partial charge on any atom is -0.369 e. The third-order valence-corrected chi connectivity index (χ3v) is 4.46. The summed E-state index contributed by atoms with van der Waals surface area (Å²) in [5.41, 5.74) is 3.42. The number of carbonyl (C=O) groups excluding carboxylic acids is 1. The summed E-state index contributed by atoms with van der Waals surface area (Å²) < 4.78 is 0. The van der Waals surface area contributed by atoms with Gasteiger partial charge in [-0.05, 0) is 36.4 Å². The average Bonchev–Trinajstić information content (AvgIpc) is 2.69. The Kier molecular flexibility index (Phi) is 4.31. The molecule has 5 nitrogen and oxygen atoms in total. The van der Waals surface area contributed by atoms with Crippen molar-refractivity contribution >= 4 is 28.2 Å². The van der Waals surface area contributed by atoms with E-state index in [1.807, 2.05) is 54.6 Å². The van der Waals surface area contributed by atoms with Gasteiger partial charge in [-0.1, -0.05) is 18.2 Å². The number of aromatic nitrogens is 1. The van der Waals surface area contributed by atoms with Crippen LogP contribution in [0.5, 0.6) is 0 Å². The van der Waals surface area contributed by atoms with Crippen LogP contribution in [0.2, 0.25) is 0 Å². The molecule has 1 aliphatic heterocycles. The monoisotopic (exact) mass is 332 g/mol. The molecule has 1 fully saturated rings. The van der Waals surface area contributed by atoms with E-state index in [0.717, 1.165) is 42.8 Å². The Morgan fingerprint density at radius 1 is 1.04 bits per heavy atom. The molecule has 1 aromatic heterocycles. The van der Waals surface area contributed by atoms with Gasteiger partial charge in [-0.2, -0.15) is 0 Å². The van der Waals surface area contributed by atoms with Crippen LogP contribution in [0.3, 0.4) is 0 Å². The van der Waals surface area contributed by atoms with Crippen molar-refractivity contribution in [2.45, 2.75) is 0 Å². The zero-order chi connectivity index (χ0) is 17.1. The second kappa shape index (κ2) is 6.91. The number of fused-ring (bicyclic) bond motifs is 1. The minimum absolute atomic E-state index is 0.121. The van der Waals surface area contributed by atoms with Crippen molar-refractivity contribution in [2.24, 2.45) is 0 Å². The third kappa shape index (κ3) is 3.46. The van der Waals surface area contributed by atoms with Crippen LogP contribution in [0.1, 0.15) is 10.4 Å². The van der Waals surface area contributed by atoms with Gasteiger partial charge in [0.15, 0.2) is 0 Å². The number of hydrogen-bond acceptors (Lipinski definition) is 4. The van der Waals surface area contributed by atoms with Crippen LogP contribution >= 0.6 is 0 Å². The molecule has 2 heterocycles. The molecular weight excluding hydrogens is 312 g/mol. The van der Waals surface area contributed by atoms with Crippen LogP contribution in [-0.2, 0) is 0 Å². The summed E-state index contributed by atoms with van der Waals surface area (Å²) in [5, 5.41) is 7.28. The molecule has 2 aromatic carbocycles. The van der Waals surface area contributed by atoms with Crippen molar-refractivity contribution in [3.63, 3.8) is 0 Å². The Morgan fingerprint density at radius 2 is 1.80 bits per heavy atom. The van der Waals surface area contributed by atoms with Crippen LogP contribution < -0.4 is 15.5 Å². The smallest absolute Gasteiger partial charge is 0.255 e. The summed E-state index contributed by atoms with van der Waals surface area (Å²) in [6.45, 7) is 3.98. The van der Waals surface area contributed by atoms with Gasteiger partial charge in [0, 0.05) is 42.8 Å². The molecule has 1 saturated heterocycles. The first-order chi connectivity index (χ1) is 12.3.